The molecule has 1 heterocycles. The van der Waals surface area contributed by atoms with Gasteiger partial charge in [0.1, 0.15) is 0 Å². The Hall–Kier alpha value is -1.87. The lowest BCUT2D eigenvalue weighted by Gasteiger charge is -2.00. The number of carbonyl (C=O) groups is 1. The second-order valence-electron chi connectivity index (χ2n) is 3.22. The molecule has 3 nitrogen and oxygen atoms in total. The molecule has 0 amide bonds. The smallest absolute Gasteiger partial charge is 0.185 e. The van der Waals surface area contributed by atoms with E-state index in [1.807, 2.05) is 24.3 Å². The summed E-state index contributed by atoms with van der Waals surface area (Å²) in [4.78, 5) is 10.7. The van der Waals surface area contributed by atoms with Crippen molar-refractivity contribution in [1.29, 1.82) is 0 Å². The third-order valence-corrected chi connectivity index (χ3v) is 2.30. The van der Waals surface area contributed by atoms with E-state index in [0.717, 1.165) is 16.7 Å². The van der Waals surface area contributed by atoms with Crippen LogP contribution in [0.3, 0.4) is 0 Å². The first kappa shape index (κ1) is 9.68. The molecule has 0 unspecified atom stereocenters. The summed E-state index contributed by atoms with van der Waals surface area (Å²) < 4.78 is 5.03. The fourth-order valence-electron chi connectivity index (χ4n) is 1.47. The van der Waals surface area contributed by atoms with Crippen molar-refractivity contribution in [2.24, 2.45) is 5.73 Å². The van der Waals surface area contributed by atoms with Crippen LogP contribution in [0.2, 0.25) is 0 Å². The Bertz CT molecular complexity index is 457. The van der Waals surface area contributed by atoms with E-state index in [9.17, 15) is 4.79 Å². The normalized spacial score (nSPS) is 10.2. The Kier molecular flexibility index (Phi) is 2.65. The minimum Gasteiger partial charge on any atom is -0.461 e. The summed E-state index contributed by atoms with van der Waals surface area (Å²) in [6.07, 6.45) is 2.22. The average molecular weight is 201 g/mol. The monoisotopic (exact) mass is 201 g/mol. The molecule has 0 radical (unpaired) electrons. The van der Waals surface area contributed by atoms with Crippen LogP contribution in [0, 0.1) is 0 Å². The molecule has 0 aliphatic heterocycles. The molecule has 15 heavy (non-hydrogen) atoms. The molecule has 0 saturated carbocycles. The number of rotatable bonds is 3. The highest BCUT2D eigenvalue weighted by Gasteiger charge is 2.06. The topological polar surface area (TPSA) is 56.2 Å². The average Bonchev–Trinajstić information content (AvgIpc) is 2.77. The van der Waals surface area contributed by atoms with Crippen LogP contribution in [-0.2, 0) is 6.54 Å². The molecule has 0 spiro atoms. The molecule has 0 fully saturated rings. The van der Waals surface area contributed by atoms with Crippen molar-refractivity contribution in [1.82, 2.24) is 0 Å². The molecule has 0 aliphatic carbocycles. The molecule has 2 rings (SSSR count). The Labute approximate surface area is 87.5 Å². The molecule has 76 valence electrons. The van der Waals surface area contributed by atoms with Crippen molar-refractivity contribution in [2.75, 3.05) is 0 Å². The molecule has 1 aromatic heterocycles. The molecule has 2 N–H and O–H groups in total. The maximum Gasteiger partial charge on any atom is 0.185 e. The van der Waals surface area contributed by atoms with Crippen molar-refractivity contribution in [3.63, 3.8) is 0 Å². The van der Waals surface area contributed by atoms with Gasteiger partial charge in [-0.15, -0.1) is 0 Å². The highest BCUT2D eigenvalue weighted by atomic mass is 16.3. The predicted octanol–water partition coefficient (Wildman–Crippen LogP) is 2.22. The van der Waals surface area contributed by atoms with Crippen LogP contribution < -0.4 is 5.73 Å². The van der Waals surface area contributed by atoms with Crippen LogP contribution in [-0.4, -0.2) is 6.29 Å². The van der Waals surface area contributed by atoms with Gasteiger partial charge in [-0.2, -0.15) is 0 Å². The lowest BCUT2D eigenvalue weighted by atomic mass is 10.0. The molecule has 0 saturated heterocycles. The second kappa shape index (κ2) is 4.11. The molecule has 0 bridgehead atoms. The van der Waals surface area contributed by atoms with Gasteiger partial charge in [-0.05, 0) is 17.2 Å². The van der Waals surface area contributed by atoms with Gasteiger partial charge in [-0.25, -0.2) is 0 Å². The van der Waals surface area contributed by atoms with E-state index >= 15 is 0 Å². The van der Waals surface area contributed by atoms with Gasteiger partial charge in [-0.1, -0.05) is 24.3 Å². The number of hydrogen-bond donors (Lipinski definition) is 1. The van der Waals surface area contributed by atoms with E-state index in [0.29, 0.717) is 18.6 Å². The van der Waals surface area contributed by atoms with Gasteiger partial charge in [0.05, 0.1) is 6.26 Å². The Balaban J connectivity index is 2.41. The van der Waals surface area contributed by atoms with Gasteiger partial charge in [0.2, 0.25) is 0 Å². The van der Waals surface area contributed by atoms with Crippen molar-refractivity contribution < 1.29 is 9.21 Å². The standard InChI is InChI=1S/C12H11NO2/c13-7-9-1-3-10(4-2-9)11-5-6-15-12(11)8-14/h1-6,8H,7,13H2. The molecule has 1 aromatic carbocycles. The highest BCUT2D eigenvalue weighted by Crippen LogP contribution is 2.23. The molecule has 0 atom stereocenters. The Morgan fingerprint density at radius 1 is 1.20 bits per heavy atom. The summed E-state index contributed by atoms with van der Waals surface area (Å²) in [5, 5.41) is 0. The van der Waals surface area contributed by atoms with Crippen LogP contribution in [0.4, 0.5) is 0 Å². The van der Waals surface area contributed by atoms with E-state index in [-0.39, 0.29) is 0 Å². The summed E-state index contributed by atoms with van der Waals surface area (Å²) >= 11 is 0. The largest absolute Gasteiger partial charge is 0.461 e. The lowest BCUT2D eigenvalue weighted by Crippen LogP contribution is -1.95. The van der Waals surface area contributed by atoms with Crippen LogP contribution in [0.15, 0.2) is 41.0 Å². The van der Waals surface area contributed by atoms with Crippen LogP contribution in [0.5, 0.6) is 0 Å². The quantitative estimate of drug-likeness (QED) is 0.774. The number of hydrogen-bond acceptors (Lipinski definition) is 3. The predicted molar refractivity (Wildman–Crippen MR) is 57.4 cm³/mol. The number of carbonyl (C=O) groups excluding carboxylic acids is 1. The zero-order chi connectivity index (χ0) is 10.7. The van der Waals surface area contributed by atoms with E-state index < -0.39 is 0 Å². The highest BCUT2D eigenvalue weighted by molar-refractivity contribution is 5.84. The third kappa shape index (κ3) is 1.82. The first-order valence-corrected chi connectivity index (χ1v) is 4.67. The SMILES string of the molecule is NCc1ccc(-c2ccoc2C=O)cc1. The van der Waals surface area contributed by atoms with Gasteiger partial charge in [0, 0.05) is 12.1 Å². The van der Waals surface area contributed by atoms with Gasteiger partial charge < -0.3 is 10.2 Å². The summed E-state index contributed by atoms with van der Waals surface area (Å²) in [6.45, 7) is 0.520. The number of nitrogens with two attached hydrogens (primary N) is 1. The van der Waals surface area contributed by atoms with Crippen LogP contribution in [0.25, 0.3) is 11.1 Å². The minimum atomic E-state index is 0.357. The number of furan rings is 1. The van der Waals surface area contributed by atoms with E-state index in [4.69, 9.17) is 10.2 Å². The van der Waals surface area contributed by atoms with Crippen LogP contribution in [0.1, 0.15) is 16.1 Å². The summed E-state index contributed by atoms with van der Waals surface area (Å²) in [6, 6.07) is 9.52. The molecular formula is C12H11NO2. The summed E-state index contributed by atoms with van der Waals surface area (Å²) in [5.74, 6) is 0.357. The van der Waals surface area contributed by atoms with Crippen molar-refractivity contribution in [3.8, 4) is 11.1 Å². The maximum absolute atomic E-state index is 10.7. The van der Waals surface area contributed by atoms with Gasteiger partial charge >= 0.3 is 0 Å². The fraction of sp³-hybridized carbons (Fsp3) is 0.0833. The zero-order valence-electron chi connectivity index (χ0n) is 8.14. The third-order valence-electron chi connectivity index (χ3n) is 2.30. The fourth-order valence-corrected chi connectivity index (χ4v) is 1.47. The van der Waals surface area contributed by atoms with Gasteiger partial charge in [0.15, 0.2) is 12.0 Å². The Morgan fingerprint density at radius 2 is 1.93 bits per heavy atom. The first-order chi connectivity index (χ1) is 7.35. The maximum atomic E-state index is 10.7. The van der Waals surface area contributed by atoms with Crippen molar-refractivity contribution in [2.45, 2.75) is 6.54 Å². The van der Waals surface area contributed by atoms with Gasteiger partial charge in [0.25, 0.3) is 0 Å². The van der Waals surface area contributed by atoms with Gasteiger partial charge in [-0.3, -0.25) is 4.79 Å². The minimum absolute atomic E-state index is 0.357. The molecular weight excluding hydrogens is 190 g/mol. The lowest BCUT2D eigenvalue weighted by molar-refractivity contribution is 0.110. The van der Waals surface area contributed by atoms with Crippen molar-refractivity contribution >= 4 is 6.29 Å². The van der Waals surface area contributed by atoms with Crippen molar-refractivity contribution in [3.05, 3.63) is 47.9 Å². The molecule has 3 heteroatoms. The van der Waals surface area contributed by atoms with E-state index in [2.05, 4.69) is 0 Å². The molecule has 2 aromatic rings. The zero-order valence-corrected chi connectivity index (χ0v) is 8.14. The molecule has 0 aliphatic rings. The Morgan fingerprint density at radius 3 is 2.53 bits per heavy atom. The van der Waals surface area contributed by atoms with Crippen LogP contribution >= 0.6 is 0 Å². The second-order valence-corrected chi connectivity index (χ2v) is 3.22. The first-order valence-electron chi connectivity index (χ1n) is 4.67. The van der Waals surface area contributed by atoms with E-state index in [1.54, 1.807) is 6.07 Å². The summed E-state index contributed by atoms with van der Waals surface area (Å²) in [7, 11) is 0. The van der Waals surface area contributed by atoms with E-state index in [1.165, 1.54) is 6.26 Å². The summed E-state index contributed by atoms with van der Waals surface area (Å²) in [5.41, 5.74) is 8.34. The number of aldehydes is 1. The number of benzene rings is 1.